The largest absolute Gasteiger partial charge is 0.497 e. The van der Waals surface area contributed by atoms with E-state index in [-0.39, 0.29) is 11.2 Å². The highest BCUT2D eigenvalue weighted by molar-refractivity contribution is 7.87. The average molecular weight is 300 g/mol. The minimum Gasteiger partial charge on any atom is -0.497 e. The Morgan fingerprint density at radius 2 is 1.70 bits per heavy atom. The molecule has 1 aromatic carbocycles. The molecule has 0 radical (unpaired) electrons. The van der Waals surface area contributed by atoms with Crippen LogP contribution in [0.15, 0.2) is 24.3 Å². The van der Waals surface area contributed by atoms with Gasteiger partial charge in [-0.25, -0.2) is 0 Å². The molecule has 5 nitrogen and oxygen atoms in total. The van der Waals surface area contributed by atoms with Crippen LogP contribution in [0.25, 0.3) is 0 Å². The third-order valence-electron chi connectivity index (χ3n) is 3.63. The maximum Gasteiger partial charge on any atom is 0.309 e. The molecular weight excluding hydrogens is 280 g/mol. The summed E-state index contributed by atoms with van der Waals surface area (Å²) in [7, 11) is -0.468. The minimum absolute atomic E-state index is 0.000130. The molecule has 112 valence electrons. The number of rotatable bonds is 7. The van der Waals surface area contributed by atoms with Gasteiger partial charge in [0.15, 0.2) is 0 Å². The average Bonchev–Trinajstić information content (AvgIpc) is 2.36. The highest BCUT2D eigenvalue weighted by atomic mass is 32.2. The van der Waals surface area contributed by atoms with Crippen molar-refractivity contribution in [1.82, 2.24) is 0 Å². The van der Waals surface area contributed by atoms with Crippen molar-refractivity contribution in [1.29, 1.82) is 0 Å². The Hall–Kier alpha value is -1.27. The molecule has 1 aliphatic carbocycles. The van der Waals surface area contributed by atoms with Crippen molar-refractivity contribution in [2.75, 3.05) is 26.6 Å². The smallest absolute Gasteiger partial charge is 0.309 e. The summed E-state index contributed by atoms with van der Waals surface area (Å²) >= 11 is 0. The van der Waals surface area contributed by atoms with Crippen molar-refractivity contribution in [3.63, 3.8) is 0 Å². The lowest BCUT2D eigenvalue weighted by atomic mass is 9.71. The lowest BCUT2D eigenvalue weighted by Gasteiger charge is -2.40. The lowest BCUT2D eigenvalue weighted by molar-refractivity contribution is 0.0348. The first-order chi connectivity index (χ1) is 9.49. The van der Waals surface area contributed by atoms with Crippen molar-refractivity contribution in [3.8, 4) is 11.5 Å². The van der Waals surface area contributed by atoms with Crippen LogP contribution in [0.2, 0.25) is 0 Å². The zero-order valence-corrected chi connectivity index (χ0v) is 12.6. The van der Waals surface area contributed by atoms with Gasteiger partial charge in [0, 0.05) is 12.5 Å². The standard InChI is InChI=1S/C14H20O5S/c1-17-10-14(8-3-9-14)11-20(15,16)19-13-6-4-12(18-2)5-7-13/h4-7H,3,8-11H2,1-2H3. The van der Waals surface area contributed by atoms with E-state index in [4.69, 9.17) is 13.7 Å². The normalized spacial score (nSPS) is 17.3. The van der Waals surface area contributed by atoms with Crippen molar-refractivity contribution in [3.05, 3.63) is 24.3 Å². The van der Waals surface area contributed by atoms with Crippen LogP contribution in [0.1, 0.15) is 19.3 Å². The van der Waals surface area contributed by atoms with Crippen molar-refractivity contribution in [2.45, 2.75) is 19.3 Å². The third-order valence-corrected chi connectivity index (χ3v) is 5.04. The molecule has 1 saturated carbocycles. The van der Waals surface area contributed by atoms with Gasteiger partial charge in [-0.3, -0.25) is 0 Å². The van der Waals surface area contributed by atoms with Crippen LogP contribution in [0.4, 0.5) is 0 Å². The van der Waals surface area contributed by atoms with Crippen LogP contribution in [0.5, 0.6) is 11.5 Å². The van der Waals surface area contributed by atoms with E-state index in [9.17, 15) is 8.42 Å². The van der Waals surface area contributed by atoms with Gasteiger partial charge < -0.3 is 13.7 Å². The van der Waals surface area contributed by atoms with Gasteiger partial charge in [0.05, 0.1) is 19.5 Å². The monoisotopic (exact) mass is 300 g/mol. The van der Waals surface area contributed by atoms with Gasteiger partial charge in [0.1, 0.15) is 11.5 Å². The molecule has 0 saturated heterocycles. The van der Waals surface area contributed by atoms with Gasteiger partial charge in [-0.1, -0.05) is 6.42 Å². The first-order valence-electron chi connectivity index (χ1n) is 6.54. The molecule has 2 rings (SSSR count). The summed E-state index contributed by atoms with van der Waals surface area (Å²) in [5.41, 5.74) is -0.278. The summed E-state index contributed by atoms with van der Waals surface area (Å²) in [5, 5.41) is 0. The maximum absolute atomic E-state index is 12.1. The summed E-state index contributed by atoms with van der Waals surface area (Å²) in [5.74, 6) is 0.960. The van der Waals surface area contributed by atoms with Crippen molar-refractivity contribution >= 4 is 10.1 Å². The molecule has 0 spiro atoms. The topological polar surface area (TPSA) is 61.8 Å². The number of ether oxygens (including phenoxy) is 2. The molecule has 0 aliphatic heterocycles. The summed E-state index contributed by atoms with van der Waals surface area (Å²) in [4.78, 5) is 0. The Morgan fingerprint density at radius 3 is 2.15 bits per heavy atom. The molecule has 0 aromatic heterocycles. The van der Waals surface area contributed by atoms with Gasteiger partial charge in [0.2, 0.25) is 0 Å². The van der Waals surface area contributed by atoms with Crippen LogP contribution in [-0.2, 0) is 14.9 Å². The van der Waals surface area contributed by atoms with E-state index in [1.54, 1.807) is 38.5 Å². The fraction of sp³-hybridized carbons (Fsp3) is 0.571. The predicted molar refractivity (Wildman–Crippen MR) is 75.6 cm³/mol. The highest BCUT2D eigenvalue weighted by Crippen LogP contribution is 2.42. The van der Waals surface area contributed by atoms with Crippen LogP contribution in [0.3, 0.4) is 0 Å². The number of hydrogen-bond acceptors (Lipinski definition) is 5. The Bertz CT molecular complexity index is 531. The van der Waals surface area contributed by atoms with Gasteiger partial charge in [-0.05, 0) is 37.1 Å². The van der Waals surface area contributed by atoms with Gasteiger partial charge >= 0.3 is 10.1 Å². The summed E-state index contributed by atoms with van der Waals surface area (Å²) in [6.07, 6.45) is 2.78. The first kappa shape index (κ1) is 15.1. The molecule has 1 aliphatic rings. The molecule has 0 bridgehead atoms. The van der Waals surface area contributed by atoms with Crippen molar-refractivity contribution < 1.29 is 22.1 Å². The van der Waals surface area contributed by atoms with E-state index in [2.05, 4.69) is 0 Å². The highest BCUT2D eigenvalue weighted by Gasteiger charge is 2.41. The van der Waals surface area contributed by atoms with E-state index < -0.39 is 10.1 Å². The summed E-state index contributed by atoms with van der Waals surface area (Å²) in [6.45, 7) is 0.457. The number of hydrogen-bond donors (Lipinski definition) is 0. The summed E-state index contributed by atoms with van der Waals surface area (Å²) in [6, 6.07) is 6.50. The molecule has 1 aromatic rings. The SMILES string of the molecule is COCC1(CS(=O)(=O)Oc2ccc(OC)cc2)CCC1. The predicted octanol–water partition coefficient (Wildman–Crippen LogP) is 2.22. The van der Waals surface area contributed by atoms with Crippen LogP contribution in [0, 0.1) is 5.41 Å². The minimum atomic E-state index is -3.62. The van der Waals surface area contributed by atoms with Crippen molar-refractivity contribution in [2.24, 2.45) is 5.41 Å². The number of benzene rings is 1. The molecule has 20 heavy (non-hydrogen) atoms. The Labute approximate surface area is 120 Å². The fourth-order valence-electron chi connectivity index (χ4n) is 2.50. The van der Waals surface area contributed by atoms with Gasteiger partial charge in [-0.2, -0.15) is 8.42 Å². The van der Waals surface area contributed by atoms with Gasteiger partial charge in [-0.15, -0.1) is 0 Å². The summed E-state index contributed by atoms with van der Waals surface area (Å²) < 4.78 is 39.6. The second-order valence-electron chi connectivity index (χ2n) is 5.25. The van der Waals surface area contributed by atoms with Gasteiger partial charge in [0.25, 0.3) is 0 Å². The molecule has 0 N–H and O–H groups in total. The van der Waals surface area contributed by atoms with E-state index in [1.807, 2.05) is 0 Å². The van der Waals surface area contributed by atoms with Crippen LogP contribution in [-0.4, -0.2) is 35.0 Å². The Morgan fingerprint density at radius 1 is 1.10 bits per heavy atom. The molecule has 0 amide bonds. The Balaban J connectivity index is 2.02. The number of methoxy groups -OCH3 is 2. The van der Waals surface area contributed by atoms with Crippen LogP contribution < -0.4 is 8.92 Å². The van der Waals surface area contributed by atoms with E-state index in [0.717, 1.165) is 19.3 Å². The van der Waals surface area contributed by atoms with E-state index >= 15 is 0 Å². The third kappa shape index (κ3) is 3.64. The zero-order chi connectivity index (χ0) is 14.6. The molecule has 0 unspecified atom stereocenters. The molecule has 0 heterocycles. The van der Waals surface area contributed by atoms with E-state index in [1.165, 1.54) is 0 Å². The quantitative estimate of drug-likeness (QED) is 0.723. The second-order valence-corrected chi connectivity index (χ2v) is 6.82. The molecule has 0 atom stereocenters. The zero-order valence-electron chi connectivity index (χ0n) is 11.8. The molecule has 6 heteroatoms. The fourth-order valence-corrected chi connectivity index (χ4v) is 4.08. The van der Waals surface area contributed by atoms with E-state index in [0.29, 0.717) is 18.1 Å². The molecule has 1 fully saturated rings. The van der Waals surface area contributed by atoms with Crippen LogP contribution >= 0.6 is 0 Å². The Kier molecular flexibility index (Phi) is 4.55. The lowest BCUT2D eigenvalue weighted by Crippen LogP contribution is -2.41. The first-order valence-corrected chi connectivity index (χ1v) is 8.12. The maximum atomic E-state index is 12.1. The molecular formula is C14H20O5S. The second kappa shape index (κ2) is 6.01.